The molecule has 128 valence electrons. The molecule has 7 heteroatoms. The van der Waals surface area contributed by atoms with E-state index in [1.54, 1.807) is 4.90 Å². The van der Waals surface area contributed by atoms with Gasteiger partial charge in [0.05, 0.1) is 6.42 Å². The first-order valence-electron chi connectivity index (χ1n) is 7.86. The first-order chi connectivity index (χ1) is 11.5. The number of carbonyl (C=O) groups is 2. The Labute approximate surface area is 140 Å². The third kappa shape index (κ3) is 4.91. The van der Waals surface area contributed by atoms with E-state index in [1.165, 1.54) is 0 Å². The number of aryl methyl sites for hydroxylation is 1. The highest BCUT2D eigenvalue weighted by molar-refractivity contribution is 5.77. The zero-order chi connectivity index (χ0) is 17.5. The van der Waals surface area contributed by atoms with Gasteiger partial charge in [0.15, 0.2) is 0 Å². The summed E-state index contributed by atoms with van der Waals surface area (Å²) in [5.41, 5.74) is 0.827. The van der Waals surface area contributed by atoms with E-state index in [1.807, 2.05) is 44.2 Å². The molecule has 1 N–H and O–H groups in total. The number of hydrogen-bond donors (Lipinski definition) is 1. The molecule has 0 aliphatic rings. The molecule has 2 rings (SSSR count). The number of amides is 1. The van der Waals surface area contributed by atoms with Crippen molar-refractivity contribution in [3.8, 4) is 11.5 Å². The van der Waals surface area contributed by atoms with Gasteiger partial charge >= 0.3 is 5.97 Å². The first-order valence-corrected chi connectivity index (χ1v) is 7.86. The summed E-state index contributed by atoms with van der Waals surface area (Å²) in [5, 5.41) is 16.7. The van der Waals surface area contributed by atoms with Crippen LogP contribution in [0.4, 0.5) is 0 Å². The van der Waals surface area contributed by atoms with Crippen LogP contribution in [-0.4, -0.2) is 44.7 Å². The van der Waals surface area contributed by atoms with Crippen molar-refractivity contribution in [3.63, 3.8) is 0 Å². The molecule has 24 heavy (non-hydrogen) atoms. The Kier molecular flexibility index (Phi) is 6.06. The highest BCUT2D eigenvalue weighted by Gasteiger charge is 2.19. The number of hydrogen-bond acceptors (Lipinski definition) is 5. The Morgan fingerprint density at radius 2 is 1.88 bits per heavy atom. The molecule has 1 heterocycles. The van der Waals surface area contributed by atoms with E-state index < -0.39 is 5.97 Å². The Morgan fingerprint density at radius 3 is 2.50 bits per heavy atom. The third-order valence-corrected chi connectivity index (χ3v) is 3.55. The number of carbonyl (C=O) groups excluding carboxylic acids is 1. The molecule has 1 aromatic heterocycles. The van der Waals surface area contributed by atoms with Gasteiger partial charge in [-0.05, 0) is 26.0 Å². The standard InChI is InChI=1S/C17H21N3O4/c1-12(2)20(11-10-16(22)23)15(21)9-8-14-18-19-17(24-14)13-6-4-3-5-7-13/h3-7,12H,8-11H2,1-2H3,(H,22,23). The first kappa shape index (κ1) is 17.7. The topological polar surface area (TPSA) is 96.5 Å². The van der Waals surface area contributed by atoms with Crippen LogP contribution in [0.1, 0.15) is 32.6 Å². The second kappa shape index (κ2) is 8.24. The summed E-state index contributed by atoms with van der Waals surface area (Å²) in [6.07, 6.45) is 0.464. The summed E-state index contributed by atoms with van der Waals surface area (Å²) in [4.78, 5) is 24.5. The Hall–Kier alpha value is -2.70. The average molecular weight is 331 g/mol. The molecule has 0 fully saturated rings. The molecular formula is C17H21N3O4. The number of carboxylic acid groups (broad SMARTS) is 1. The summed E-state index contributed by atoms with van der Waals surface area (Å²) in [5.74, 6) is -0.225. The van der Waals surface area contributed by atoms with Gasteiger partial charge in [-0.15, -0.1) is 10.2 Å². The fourth-order valence-corrected chi connectivity index (χ4v) is 2.30. The van der Waals surface area contributed by atoms with E-state index in [0.717, 1.165) is 5.56 Å². The monoisotopic (exact) mass is 331 g/mol. The van der Waals surface area contributed by atoms with Gasteiger partial charge in [-0.3, -0.25) is 9.59 Å². The van der Waals surface area contributed by atoms with E-state index in [2.05, 4.69) is 10.2 Å². The number of aromatic nitrogens is 2. The SMILES string of the molecule is CC(C)N(CCC(=O)O)C(=O)CCc1nnc(-c2ccccc2)o1. The van der Waals surface area contributed by atoms with Crippen molar-refractivity contribution in [2.24, 2.45) is 0 Å². The molecule has 1 amide bonds. The van der Waals surface area contributed by atoms with Gasteiger partial charge in [0.2, 0.25) is 17.7 Å². The maximum atomic E-state index is 12.3. The van der Waals surface area contributed by atoms with Gasteiger partial charge in [-0.1, -0.05) is 18.2 Å². The van der Waals surface area contributed by atoms with Crippen LogP contribution >= 0.6 is 0 Å². The molecule has 0 aliphatic heterocycles. The molecule has 0 unspecified atom stereocenters. The molecule has 2 aromatic rings. The van der Waals surface area contributed by atoms with Crippen LogP contribution in [0, 0.1) is 0 Å². The lowest BCUT2D eigenvalue weighted by Crippen LogP contribution is -2.38. The fourth-order valence-electron chi connectivity index (χ4n) is 2.30. The quantitative estimate of drug-likeness (QED) is 0.798. The van der Waals surface area contributed by atoms with E-state index in [-0.39, 0.29) is 31.3 Å². The van der Waals surface area contributed by atoms with Crippen molar-refractivity contribution in [2.45, 2.75) is 39.2 Å². The van der Waals surface area contributed by atoms with E-state index >= 15 is 0 Å². The normalized spacial score (nSPS) is 10.8. The maximum absolute atomic E-state index is 12.3. The van der Waals surface area contributed by atoms with Gasteiger partial charge in [-0.2, -0.15) is 0 Å². The van der Waals surface area contributed by atoms with Crippen LogP contribution in [0.3, 0.4) is 0 Å². The molecule has 7 nitrogen and oxygen atoms in total. The fraction of sp³-hybridized carbons (Fsp3) is 0.412. The molecule has 1 aromatic carbocycles. The molecule has 0 radical (unpaired) electrons. The molecule has 0 saturated heterocycles. The van der Waals surface area contributed by atoms with Crippen molar-refractivity contribution in [1.82, 2.24) is 15.1 Å². The summed E-state index contributed by atoms with van der Waals surface area (Å²) < 4.78 is 5.57. The molecule has 0 saturated carbocycles. The largest absolute Gasteiger partial charge is 0.481 e. The maximum Gasteiger partial charge on any atom is 0.305 e. The minimum atomic E-state index is -0.919. The van der Waals surface area contributed by atoms with Gasteiger partial charge in [-0.25, -0.2) is 0 Å². The number of carboxylic acids is 1. The summed E-state index contributed by atoms with van der Waals surface area (Å²) in [6, 6.07) is 9.34. The minimum absolute atomic E-state index is 0.0561. The smallest absolute Gasteiger partial charge is 0.305 e. The number of nitrogens with zero attached hydrogens (tertiary/aromatic N) is 3. The van der Waals surface area contributed by atoms with E-state index in [0.29, 0.717) is 18.2 Å². The highest BCUT2D eigenvalue weighted by atomic mass is 16.4. The number of rotatable bonds is 8. The zero-order valence-electron chi connectivity index (χ0n) is 13.8. The lowest BCUT2D eigenvalue weighted by molar-refractivity contribution is -0.139. The Bertz CT molecular complexity index is 682. The van der Waals surface area contributed by atoms with Crippen molar-refractivity contribution >= 4 is 11.9 Å². The summed E-state index contributed by atoms with van der Waals surface area (Å²) in [6.45, 7) is 3.92. The van der Waals surface area contributed by atoms with Crippen LogP contribution in [0.25, 0.3) is 11.5 Å². The van der Waals surface area contributed by atoms with Crippen molar-refractivity contribution in [2.75, 3.05) is 6.54 Å². The average Bonchev–Trinajstić information content (AvgIpc) is 3.02. The van der Waals surface area contributed by atoms with Crippen molar-refractivity contribution in [3.05, 3.63) is 36.2 Å². The zero-order valence-corrected chi connectivity index (χ0v) is 13.8. The lowest BCUT2D eigenvalue weighted by atomic mass is 10.2. The van der Waals surface area contributed by atoms with Crippen LogP contribution < -0.4 is 0 Å². The Balaban J connectivity index is 1.93. The molecular weight excluding hydrogens is 310 g/mol. The molecule has 0 bridgehead atoms. The summed E-state index contributed by atoms with van der Waals surface area (Å²) >= 11 is 0. The number of benzene rings is 1. The highest BCUT2D eigenvalue weighted by Crippen LogP contribution is 2.17. The molecule has 0 spiro atoms. The van der Waals surface area contributed by atoms with Crippen LogP contribution in [0.5, 0.6) is 0 Å². The molecule has 0 aliphatic carbocycles. The third-order valence-electron chi connectivity index (χ3n) is 3.55. The van der Waals surface area contributed by atoms with Gasteiger partial charge in [0, 0.05) is 31.0 Å². The molecule has 0 atom stereocenters. The second-order valence-corrected chi connectivity index (χ2v) is 5.69. The van der Waals surface area contributed by atoms with Gasteiger partial charge in [0.25, 0.3) is 0 Å². The predicted molar refractivity (Wildman–Crippen MR) is 87.2 cm³/mol. The lowest BCUT2D eigenvalue weighted by Gasteiger charge is -2.26. The summed E-state index contributed by atoms with van der Waals surface area (Å²) in [7, 11) is 0. The van der Waals surface area contributed by atoms with E-state index in [9.17, 15) is 9.59 Å². The minimum Gasteiger partial charge on any atom is -0.481 e. The van der Waals surface area contributed by atoms with Crippen LogP contribution in [-0.2, 0) is 16.0 Å². The van der Waals surface area contributed by atoms with Crippen molar-refractivity contribution in [1.29, 1.82) is 0 Å². The van der Waals surface area contributed by atoms with Gasteiger partial charge in [0.1, 0.15) is 0 Å². The number of aliphatic carboxylic acids is 1. The Morgan fingerprint density at radius 1 is 1.17 bits per heavy atom. The van der Waals surface area contributed by atoms with Crippen molar-refractivity contribution < 1.29 is 19.1 Å². The second-order valence-electron chi connectivity index (χ2n) is 5.69. The predicted octanol–water partition coefficient (Wildman–Crippen LogP) is 2.38. The van der Waals surface area contributed by atoms with Crippen LogP contribution in [0.15, 0.2) is 34.7 Å². The van der Waals surface area contributed by atoms with Crippen LogP contribution in [0.2, 0.25) is 0 Å². The van der Waals surface area contributed by atoms with E-state index in [4.69, 9.17) is 9.52 Å². The van der Waals surface area contributed by atoms with Gasteiger partial charge < -0.3 is 14.4 Å².